The number of fused-ring (bicyclic) bond motifs is 1. The first-order valence-electron chi connectivity index (χ1n) is 7.94. The average Bonchev–Trinajstić information content (AvgIpc) is 3.02. The van der Waals surface area contributed by atoms with Crippen LogP contribution < -0.4 is 10.6 Å². The molecule has 1 amide bonds. The van der Waals surface area contributed by atoms with Crippen molar-refractivity contribution in [1.82, 2.24) is 20.3 Å². The van der Waals surface area contributed by atoms with Crippen LogP contribution in [-0.2, 0) is 4.79 Å². The van der Waals surface area contributed by atoms with Crippen molar-refractivity contribution >= 4 is 34.2 Å². The topological polar surface area (TPSA) is 82.7 Å². The van der Waals surface area contributed by atoms with Gasteiger partial charge in [0.1, 0.15) is 18.4 Å². The minimum Gasteiger partial charge on any atom is -0.360 e. The van der Waals surface area contributed by atoms with Gasteiger partial charge in [0.2, 0.25) is 5.91 Å². The minimum atomic E-state index is -4.46. The van der Waals surface area contributed by atoms with E-state index < -0.39 is 24.7 Å². The predicted molar refractivity (Wildman–Crippen MR) is 96.5 cm³/mol. The van der Waals surface area contributed by atoms with Gasteiger partial charge in [-0.25, -0.2) is 9.97 Å². The highest BCUT2D eigenvalue weighted by atomic mass is 35.5. The number of amides is 1. The number of rotatable bonds is 5. The van der Waals surface area contributed by atoms with Crippen LogP contribution in [0.15, 0.2) is 36.7 Å². The van der Waals surface area contributed by atoms with E-state index in [0.717, 1.165) is 10.9 Å². The van der Waals surface area contributed by atoms with Gasteiger partial charge >= 0.3 is 6.18 Å². The van der Waals surface area contributed by atoms with Crippen molar-refractivity contribution in [1.29, 1.82) is 0 Å². The summed E-state index contributed by atoms with van der Waals surface area (Å²) in [4.78, 5) is 23.4. The number of nitrogens with zero attached hydrogens (tertiary/aromatic N) is 2. The van der Waals surface area contributed by atoms with Crippen molar-refractivity contribution in [2.75, 3.05) is 11.9 Å². The Balaban J connectivity index is 1.77. The second-order valence-electron chi connectivity index (χ2n) is 5.86. The number of hydrogen-bond donors (Lipinski definition) is 3. The molecule has 3 N–H and O–H groups in total. The van der Waals surface area contributed by atoms with Gasteiger partial charge in [0, 0.05) is 33.9 Å². The van der Waals surface area contributed by atoms with Crippen LogP contribution in [0.5, 0.6) is 0 Å². The molecule has 3 rings (SSSR count). The summed E-state index contributed by atoms with van der Waals surface area (Å²) in [5.74, 6) is -0.0891. The normalized spacial score (nSPS) is 12.8. The summed E-state index contributed by atoms with van der Waals surface area (Å²) in [6, 6.07) is 5.98. The zero-order valence-electron chi connectivity index (χ0n) is 14.1. The van der Waals surface area contributed by atoms with Gasteiger partial charge in [-0.3, -0.25) is 4.79 Å². The summed E-state index contributed by atoms with van der Waals surface area (Å²) in [6.07, 6.45) is -1.23. The molecule has 142 valence electrons. The molecule has 3 aromatic rings. The Morgan fingerprint density at radius 1 is 1.33 bits per heavy atom. The number of aromatic nitrogens is 3. The number of nitrogens with one attached hydrogen (secondary N) is 3. The Hall–Kier alpha value is -2.81. The Kier molecular flexibility index (Phi) is 5.22. The Morgan fingerprint density at radius 3 is 2.85 bits per heavy atom. The number of hydrogen-bond acceptors (Lipinski definition) is 4. The molecular formula is C17H15ClF3N5O. The van der Waals surface area contributed by atoms with Crippen molar-refractivity contribution in [3.05, 3.63) is 41.7 Å². The smallest absolute Gasteiger partial charge is 0.360 e. The predicted octanol–water partition coefficient (Wildman–Crippen LogP) is 3.76. The standard InChI is InChI=1S/C17H15ClF3N5O/c1-9(16(27)24-8-17(19,20)21)25-14-4-5-22-15(26-14)12-7-23-13-3-2-10(18)6-11(12)13/h2-7,9,23H,8H2,1H3,(H,24,27)(H,22,25,26)/t9-/m1/s1. The zero-order chi connectivity index (χ0) is 19.6. The van der Waals surface area contributed by atoms with Crippen LogP contribution in [0.2, 0.25) is 5.02 Å². The Morgan fingerprint density at radius 2 is 2.11 bits per heavy atom. The number of anilines is 1. The molecule has 1 atom stereocenters. The van der Waals surface area contributed by atoms with Gasteiger partial charge in [-0.15, -0.1) is 0 Å². The van der Waals surface area contributed by atoms with Crippen molar-refractivity contribution in [3.8, 4) is 11.4 Å². The number of benzene rings is 1. The van der Waals surface area contributed by atoms with Crippen molar-refractivity contribution in [2.24, 2.45) is 0 Å². The summed E-state index contributed by atoms with van der Waals surface area (Å²) in [5, 5.41) is 5.99. The van der Waals surface area contributed by atoms with Gasteiger partial charge in [0.15, 0.2) is 5.82 Å². The van der Waals surface area contributed by atoms with Crippen LogP contribution in [0, 0.1) is 0 Å². The maximum atomic E-state index is 12.2. The maximum Gasteiger partial charge on any atom is 0.405 e. The molecule has 0 radical (unpaired) electrons. The maximum absolute atomic E-state index is 12.2. The third kappa shape index (κ3) is 4.68. The van der Waals surface area contributed by atoms with Crippen LogP contribution in [-0.4, -0.2) is 39.6 Å². The van der Waals surface area contributed by atoms with Crippen molar-refractivity contribution in [3.63, 3.8) is 0 Å². The van der Waals surface area contributed by atoms with Gasteiger partial charge in [0.05, 0.1) is 0 Å². The first kappa shape index (κ1) is 19.0. The van der Waals surface area contributed by atoms with Gasteiger partial charge in [-0.2, -0.15) is 13.2 Å². The lowest BCUT2D eigenvalue weighted by Crippen LogP contribution is -2.42. The molecule has 6 nitrogen and oxygen atoms in total. The number of alkyl halides is 3. The zero-order valence-corrected chi connectivity index (χ0v) is 14.8. The fourth-order valence-corrected chi connectivity index (χ4v) is 2.65. The molecule has 0 unspecified atom stereocenters. The number of H-pyrrole nitrogens is 1. The molecule has 0 bridgehead atoms. The van der Waals surface area contributed by atoms with E-state index in [2.05, 4.69) is 20.3 Å². The fraction of sp³-hybridized carbons (Fsp3) is 0.235. The highest BCUT2D eigenvalue weighted by molar-refractivity contribution is 6.31. The minimum absolute atomic E-state index is 0.311. The van der Waals surface area contributed by atoms with Crippen LogP contribution in [0.3, 0.4) is 0 Å². The van der Waals surface area contributed by atoms with Crippen LogP contribution in [0.25, 0.3) is 22.3 Å². The van der Waals surface area contributed by atoms with E-state index in [4.69, 9.17) is 11.6 Å². The number of halogens is 4. The number of carbonyl (C=O) groups excluding carboxylic acids is 1. The molecule has 0 saturated heterocycles. The molecule has 0 saturated carbocycles. The van der Waals surface area contributed by atoms with Crippen molar-refractivity contribution in [2.45, 2.75) is 19.1 Å². The molecule has 0 aliphatic heterocycles. The molecule has 1 aromatic carbocycles. The Labute approximate surface area is 157 Å². The lowest BCUT2D eigenvalue weighted by molar-refractivity contribution is -0.138. The fourth-order valence-electron chi connectivity index (χ4n) is 2.47. The van der Waals surface area contributed by atoms with Crippen LogP contribution >= 0.6 is 11.6 Å². The molecular weight excluding hydrogens is 383 g/mol. The van der Waals surface area contributed by atoms with E-state index in [9.17, 15) is 18.0 Å². The van der Waals surface area contributed by atoms with Gasteiger partial charge in [-0.05, 0) is 31.2 Å². The Bertz CT molecular complexity index is 973. The van der Waals surface area contributed by atoms with E-state index in [-0.39, 0.29) is 0 Å². The molecule has 27 heavy (non-hydrogen) atoms. The molecule has 0 aliphatic carbocycles. The molecule has 0 fully saturated rings. The lowest BCUT2D eigenvalue weighted by atomic mass is 10.1. The molecule has 2 heterocycles. The third-order valence-corrected chi connectivity index (χ3v) is 4.00. The van der Waals surface area contributed by atoms with Crippen LogP contribution in [0.4, 0.5) is 19.0 Å². The van der Waals surface area contributed by atoms with E-state index >= 15 is 0 Å². The quantitative estimate of drug-likeness (QED) is 0.612. The summed E-state index contributed by atoms with van der Waals surface area (Å²) >= 11 is 6.04. The van der Waals surface area contributed by atoms with Crippen molar-refractivity contribution < 1.29 is 18.0 Å². The van der Waals surface area contributed by atoms with Gasteiger partial charge < -0.3 is 15.6 Å². The largest absolute Gasteiger partial charge is 0.405 e. The molecule has 0 aliphatic rings. The van der Waals surface area contributed by atoms with E-state index in [1.54, 1.807) is 18.3 Å². The second-order valence-corrected chi connectivity index (χ2v) is 6.29. The first-order valence-corrected chi connectivity index (χ1v) is 8.32. The highest BCUT2D eigenvalue weighted by Crippen LogP contribution is 2.28. The average molecular weight is 398 g/mol. The monoisotopic (exact) mass is 397 g/mol. The summed E-state index contributed by atoms with van der Waals surface area (Å²) < 4.78 is 36.6. The summed E-state index contributed by atoms with van der Waals surface area (Å²) in [6.45, 7) is 0.0575. The first-order chi connectivity index (χ1) is 12.7. The second kappa shape index (κ2) is 7.43. The summed E-state index contributed by atoms with van der Waals surface area (Å²) in [5.41, 5.74) is 1.57. The number of aromatic amines is 1. The number of carbonyl (C=O) groups is 1. The van der Waals surface area contributed by atoms with E-state index in [1.807, 2.05) is 11.4 Å². The summed E-state index contributed by atoms with van der Waals surface area (Å²) in [7, 11) is 0. The third-order valence-electron chi connectivity index (χ3n) is 3.76. The molecule has 10 heteroatoms. The van der Waals surface area contributed by atoms with E-state index in [1.165, 1.54) is 19.2 Å². The van der Waals surface area contributed by atoms with Gasteiger partial charge in [-0.1, -0.05) is 11.6 Å². The SMILES string of the molecule is C[C@@H](Nc1ccnc(-c2c[nH]c3ccc(Cl)cc23)n1)C(=O)NCC(F)(F)F. The van der Waals surface area contributed by atoms with Crippen LogP contribution in [0.1, 0.15) is 6.92 Å². The van der Waals surface area contributed by atoms with Gasteiger partial charge in [0.25, 0.3) is 0 Å². The molecule has 0 spiro atoms. The lowest BCUT2D eigenvalue weighted by Gasteiger charge is -2.15. The highest BCUT2D eigenvalue weighted by Gasteiger charge is 2.28. The molecule has 2 aromatic heterocycles. The van der Waals surface area contributed by atoms with E-state index in [0.29, 0.717) is 22.2 Å².